The van der Waals surface area contributed by atoms with E-state index in [9.17, 15) is 4.79 Å². The van der Waals surface area contributed by atoms with Gasteiger partial charge in [0.25, 0.3) is 0 Å². The van der Waals surface area contributed by atoms with Gasteiger partial charge in [-0.15, -0.1) is 0 Å². The minimum absolute atomic E-state index is 0.195. The van der Waals surface area contributed by atoms with Crippen molar-refractivity contribution in [3.8, 4) is 0 Å². The van der Waals surface area contributed by atoms with Crippen molar-refractivity contribution in [2.75, 3.05) is 20.3 Å². The van der Waals surface area contributed by atoms with Gasteiger partial charge in [0.2, 0.25) is 0 Å². The summed E-state index contributed by atoms with van der Waals surface area (Å²) in [5.41, 5.74) is -0.544. The van der Waals surface area contributed by atoms with E-state index in [2.05, 4.69) is 0 Å². The normalized spacial score (nSPS) is 13.8. The molecular formula is C9H19NO4. The van der Waals surface area contributed by atoms with Gasteiger partial charge in [-0.05, 0) is 20.8 Å². The Morgan fingerprint density at radius 1 is 1.50 bits per heavy atom. The van der Waals surface area contributed by atoms with Crippen LogP contribution in [0.4, 0.5) is 4.79 Å². The Labute approximate surface area is 84.3 Å². The van der Waals surface area contributed by atoms with Crippen molar-refractivity contribution in [3.63, 3.8) is 0 Å². The number of aliphatic hydroxyl groups excluding tert-OH is 1. The molecule has 0 aliphatic carbocycles. The van der Waals surface area contributed by atoms with Gasteiger partial charge in [-0.1, -0.05) is 0 Å². The molecular weight excluding hydrogens is 186 g/mol. The molecule has 0 unspecified atom stereocenters. The van der Waals surface area contributed by atoms with Crippen LogP contribution in [-0.4, -0.2) is 53.1 Å². The maximum Gasteiger partial charge on any atom is 0.408 e. The number of aliphatic hydroxyl groups is 1. The zero-order valence-corrected chi connectivity index (χ0v) is 9.15. The van der Waals surface area contributed by atoms with Crippen LogP contribution < -0.4 is 0 Å². The molecule has 0 aromatic carbocycles. The third-order valence-corrected chi connectivity index (χ3v) is 1.86. The summed E-state index contributed by atoms with van der Waals surface area (Å²) in [6, 6.07) is -0.516. The number of amides is 1. The van der Waals surface area contributed by atoms with Crippen molar-refractivity contribution < 1.29 is 19.7 Å². The standard InChI is InChI=1S/C9H19NO4/c1-9(2,3)10(8(12)13)7(5-11)6-14-4/h7,11H,5-6H2,1-4H3,(H,12,13)/t7-/m1/s1. The van der Waals surface area contributed by atoms with Crippen LogP contribution in [0, 0.1) is 0 Å². The van der Waals surface area contributed by atoms with E-state index in [0.717, 1.165) is 0 Å². The van der Waals surface area contributed by atoms with Gasteiger partial charge in [0.1, 0.15) is 0 Å². The van der Waals surface area contributed by atoms with E-state index in [1.54, 1.807) is 20.8 Å². The number of hydrogen-bond acceptors (Lipinski definition) is 3. The molecule has 0 heterocycles. The third kappa shape index (κ3) is 3.51. The lowest BCUT2D eigenvalue weighted by atomic mass is 10.0. The molecule has 2 N–H and O–H groups in total. The summed E-state index contributed by atoms with van der Waals surface area (Å²) in [4.78, 5) is 12.2. The largest absolute Gasteiger partial charge is 0.465 e. The maximum atomic E-state index is 11.0. The highest BCUT2D eigenvalue weighted by molar-refractivity contribution is 5.66. The summed E-state index contributed by atoms with van der Waals surface area (Å²) in [6.07, 6.45) is -1.05. The fraction of sp³-hybridized carbons (Fsp3) is 0.889. The summed E-state index contributed by atoms with van der Waals surface area (Å²) >= 11 is 0. The molecule has 84 valence electrons. The van der Waals surface area contributed by atoms with Crippen molar-refractivity contribution in [1.82, 2.24) is 4.90 Å². The molecule has 1 atom stereocenters. The average molecular weight is 205 g/mol. The van der Waals surface area contributed by atoms with Crippen LogP contribution in [0.3, 0.4) is 0 Å². The number of ether oxygens (including phenoxy) is 1. The average Bonchev–Trinajstić information content (AvgIpc) is 2.00. The molecule has 0 radical (unpaired) electrons. The van der Waals surface area contributed by atoms with Crippen LogP contribution in [0.5, 0.6) is 0 Å². The number of carbonyl (C=O) groups is 1. The summed E-state index contributed by atoms with van der Waals surface area (Å²) in [5.74, 6) is 0. The van der Waals surface area contributed by atoms with Crippen molar-refractivity contribution >= 4 is 6.09 Å². The molecule has 0 saturated heterocycles. The van der Waals surface area contributed by atoms with Gasteiger partial charge in [0, 0.05) is 12.6 Å². The third-order valence-electron chi connectivity index (χ3n) is 1.86. The smallest absolute Gasteiger partial charge is 0.408 e. The molecule has 0 spiro atoms. The topological polar surface area (TPSA) is 70.0 Å². The summed E-state index contributed by atoms with van der Waals surface area (Å²) in [6.45, 7) is 5.29. The lowest BCUT2D eigenvalue weighted by Crippen LogP contribution is -2.54. The van der Waals surface area contributed by atoms with E-state index in [0.29, 0.717) is 0 Å². The molecule has 0 saturated carbocycles. The Morgan fingerprint density at radius 2 is 2.00 bits per heavy atom. The van der Waals surface area contributed by atoms with Crippen molar-refractivity contribution in [1.29, 1.82) is 0 Å². The van der Waals surface area contributed by atoms with Crippen LogP contribution in [-0.2, 0) is 4.74 Å². The molecule has 0 aliphatic heterocycles. The molecule has 5 nitrogen and oxygen atoms in total. The monoisotopic (exact) mass is 205 g/mol. The minimum Gasteiger partial charge on any atom is -0.465 e. The van der Waals surface area contributed by atoms with Crippen LogP contribution in [0.2, 0.25) is 0 Å². The van der Waals surface area contributed by atoms with Crippen LogP contribution in [0.15, 0.2) is 0 Å². The van der Waals surface area contributed by atoms with E-state index in [-0.39, 0.29) is 13.2 Å². The quantitative estimate of drug-likeness (QED) is 0.711. The number of methoxy groups -OCH3 is 1. The van der Waals surface area contributed by atoms with E-state index >= 15 is 0 Å². The van der Waals surface area contributed by atoms with Crippen molar-refractivity contribution in [2.45, 2.75) is 32.4 Å². The highest BCUT2D eigenvalue weighted by Gasteiger charge is 2.32. The van der Waals surface area contributed by atoms with Crippen LogP contribution in [0.25, 0.3) is 0 Å². The second kappa shape index (κ2) is 5.17. The van der Waals surface area contributed by atoms with Gasteiger partial charge >= 0.3 is 6.09 Å². The molecule has 5 heteroatoms. The van der Waals surface area contributed by atoms with Gasteiger partial charge in [-0.3, -0.25) is 4.90 Å². The Bertz CT molecular complexity index is 188. The molecule has 0 aromatic rings. The zero-order valence-electron chi connectivity index (χ0n) is 9.15. The lowest BCUT2D eigenvalue weighted by Gasteiger charge is -2.38. The minimum atomic E-state index is -1.05. The molecule has 0 bridgehead atoms. The van der Waals surface area contributed by atoms with Gasteiger partial charge < -0.3 is 14.9 Å². The first-order valence-electron chi connectivity index (χ1n) is 4.46. The maximum absolute atomic E-state index is 11.0. The van der Waals surface area contributed by atoms with E-state index in [4.69, 9.17) is 14.9 Å². The first-order chi connectivity index (χ1) is 6.34. The fourth-order valence-electron chi connectivity index (χ4n) is 1.39. The lowest BCUT2D eigenvalue weighted by molar-refractivity contribution is 0.0111. The van der Waals surface area contributed by atoms with E-state index in [1.165, 1.54) is 12.0 Å². The highest BCUT2D eigenvalue weighted by atomic mass is 16.5. The predicted octanol–water partition coefficient (Wildman–Crippen LogP) is 0.772. The highest BCUT2D eigenvalue weighted by Crippen LogP contribution is 2.17. The summed E-state index contributed by atoms with van der Waals surface area (Å²) in [5, 5.41) is 18.1. The first kappa shape index (κ1) is 13.2. The number of hydrogen-bond donors (Lipinski definition) is 2. The molecule has 0 rings (SSSR count). The summed E-state index contributed by atoms with van der Waals surface area (Å²) < 4.78 is 4.86. The Morgan fingerprint density at radius 3 is 2.21 bits per heavy atom. The van der Waals surface area contributed by atoms with Gasteiger partial charge in [0.05, 0.1) is 19.3 Å². The molecule has 14 heavy (non-hydrogen) atoms. The Balaban J connectivity index is 4.70. The van der Waals surface area contributed by atoms with Gasteiger partial charge in [-0.2, -0.15) is 0 Å². The molecule has 1 amide bonds. The van der Waals surface area contributed by atoms with E-state index < -0.39 is 17.7 Å². The SMILES string of the molecule is COC[C@@H](CO)N(C(=O)O)C(C)(C)C. The molecule has 0 fully saturated rings. The fourth-order valence-corrected chi connectivity index (χ4v) is 1.39. The number of carboxylic acid groups (broad SMARTS) is 1. The second-order valence-corrected chi connectivity index (χ2v) is 4.12. The second-order valence-electron chi connectivity index (χ2n) is 4.12. The first-order valence-corrected chi connectivity index (χ1v) is 4.46. The summed E-state index contributed by atoms with van der Waals surface area (Å²) in [7, 11) is 1.48. The zero-order chi connectivity index (χ0) is 11.4. The number of rotatable bonds is 4. The van der Waals surface area contributed by atoms with Crippen molar-refractivity contribution in [3.05, 3.63) is 0 Å². The predicted molar refractivity (Wildman–Crippen MR) is 52.4 cm³/mol. The van der Waals surface area contributed by atoms with Crippen LogP contribution >= 0.6 is 0 Å². The molecule has 0 aromatic heterocycles. The van der Waals surface area contributed by atoms with Gasteiger partial charge in [0.15, 0.2) is 0 Å². The van der Waals surface area contributed by atoms with E-state index in [1.807, 2.05) is 0 Å². The van der Waals surface area contributed by atoms with Crippen LogP contribution in [0.1, 0.15) is 20.8 Å². The van der Waals surface area contributed by atoms with Gasteiger partial charge in [-0.25, -0.2) is 4.79 Å². The number of nitrogens with zero attached hydrogens (tertiary/aromatic N) is 1. The molecule has 0 aliphatic rings. The Hall–Kier alpha value is -0.810. The van der Waals surface area contributed by atoms with Crippen molar-refractivity contribution in [2.24, 2.45) is 0 Å². The Kier molecular flexibility index (Phi) is 4.87.